The molecule has 0 aromatic heterocycles. The largest absolute Gasteiger partial charge is 0.396 e. The number of carbonyl (C=O) groups is 1. The molecule has 3 saturated carbocycles. The van der Waals surface area contributed by atoms with Crippen molar-refractivity contribution in [3.8, 4) is 0 Å². The van der Waals surface area contributed by atoms with Gasteiger partial charge < -0.3 is 59.8 Å². The molecule has 0 bridgehead atoms. The highest BCUT2D eigenvalue weighted by Gasteiger charge is 2.63. The van der Waals surface area contributed by atoms with Crippen LogP contribution in [-0.2, 0) is 23.7 Å². The number of fused-ring (bicyclic) bond motifs is 5. The molecular weight excluding hydrogens is 664 g/mol. The van der Waals surface area contributed by atoms with Gasteiger partial charge in [-0.05, 0) is 104 Å². The zero-order valence-electron chi connectivity index (χ0n) is 30.5. The van der Waals surface area contributed by atoms with Crippen LogP contribution in [0.5, 0.6) is 0 Å². The Morgan fingerprint density at radius 2 is 1.65 bits per heavy atom. The number of rotatable bonds is 11. The molecule has 8 N–H and O–H groups in total. The molecule has 19 atom stereocenters. The van der Waals surface area contributed by atoms with Gasteiger partial charge in [-0.25, -0.2) is 0 Å². The topological polar surface area (TPSA) is 216 Å². The number of ether oxygens (including phenoxy) is 4. The third-order valence-corrected chi connectivity index (χ3v) is 14.4. The fraction of sp³-hybridized carbons (Fsp3) is 0.921. The minimum Gasteiger partial charge on any atom is -0.396 e. The van der Waals surface area contributed by atoms with Gasteiger partial charge in [-0.1, -0.05) is 33.3 Å². The van der Waals surface area contributed by atoms with Crippen LogP contribution in [-0.4, -0.2) is 134 Å². The van der Waals surface area contributed by atoms with Crippen LogP contribution in [0.1, 0.15) is 85.5 Å². The van der Waals surface area contributed by atoms with Gasteiger partial charge in [0.2, 0.25) is 0 Å². The summed E-state index contributed by atoms with van der Waals surface area (Å²) in [5.41, 5.74) is 1.07. The molecule has 6 rings (SSSR count). The summed E-state index contributed by atoms with van der Waals surface area (Å²) in [6.45, 7) is 7.84. The molecule has 0 radical (unpaired) electrons. The van der Waals surface area contributed by atoms with Gasteiger partial charge in [-0.3, -0.25) is 4.79 Å². The molecule has 292 valence electrons. The van der Waals surface area contributed by atoms with E-state index in [1.165, 1.54) is 5.57 Å². The molecule has 0 spiro atoms. The monoisotopic (exact) mass is 726 g/mol. The first-order chi connectivity index (χ1) is 24.1. The fourth-order valence-corrected chi connectivity index (χ4v) is 11.3. The summed E-state index contributed by atoms with van der Waals surface area (Å²) in [4.78, 5) is 12.4. The lowest BCUT2D eigenvalue weighted by Gasteiger charge is -2.58. The molecule has 0 amide bonds. The van der Waals surface area contributed by atoms with Crippen LogP contribution >= 0.6 is 0 Å². The lowest BCUT2D eigenvalue weighted by atomic mass is 9.46. The molecule has 6 aliphatic rings. The molecular formula is C38H62O13. The van der Waals surface area contributed by atoms with Gasteiger partial charge in [0.05, 0.1) is 25.4 Å². The number of carbonyl (C=O) groups excluding carboxylic acids is 1. The van der Waals surface area contributed by atoms with Gasteiger partial charge in [0.1, 0.15) is 42.7 Å². The molecule has 5 fully saturated rings. The zero-order chi connectivity index (χ0) is 37.0. The van der Waals surface area contributed by atoms with E-state index in [2.05, 4.69) is 20.8 Å². The van der Waals surface area contributed by atoms with Crippen molar-refractivity contribution in [2.45, 2.75) is 153 Å². The lowest BCUT2D eigenvalue weighted by Crippen LogP contribution is -2.63. The van der Waals surface area contributed by atoms with E-state index >= 15 is 0 Å². The Balaban J connectivity index is 1.24. The number of ketones is 1. The van der Waals surface area contributed by atoms with Crippen molar-refractivity contribution in [1.29, 1.82) is 0 Å². The van der Waals surface area contributed by atoms with Crippen LogP contribution in [0, 0.1) is 46.3 Å². The summed E-state index contributed by atoms with van der Waals surface area (Å²) in [5, 5.41) is 84.4. The first kappa shape index (κ1) is 39.6. The number of hydrogen-bond acceptors (Lipinski definition) is 13. The van der Waals surface area contributed by atoms with Gasteiger partial charge in [0.25, 0.3) is 0 Å². The quantitative estimate of drug-likeness (QED) is 0.148. The fourth-order valence-electron chi connectivity index (χ4n) is 11.3. The van der Waals surface area contributed by atoms with E-state index in [0.29, 0.717) is 37.5 Å². The molecule has 2 saturated heterocycles. The van der Waals surface area contributed by atoms with E-state index in [1.54, 1.807) is 0 Å². The number of hydrogen-bond donors (Lipinski definition) is 8. The molecule has 0 aromatic carbocycles. The second-order valence-corrected chi connectivity index (χ2v) is 17.3. The molecule has 0 unspecified atom stereocenters. The average molecular weight is 727 g/mol. The SMILES string of the molecule is C[C@H](CO)CC[C@H](O)[C@@H](C)[C@H]1[C@@H](O[C@@H]2OC[C@@H](O)[C@H](O[C@@H]3O[C@H](CO)[C@@H](O)[C@H](O)[C@H]3O)[C@H]2O)C[C@H]2[C@@H]3CCC4=CC(=O)CC[C@]4(C)[C@H]3CC[C@]12C. The van der Waals surface area contributed by atoms with Crippen LogP contribution in [0.4, 0.5) is 0 Å². The van der Waals surface area contributed by atoms with Gasteiger partial charge >= 0.3 is 0 Å². The predicted molar refractivity (Wildman–Crippen MR) is 182 cm³/mol. The van der Waals surface area contributed by atoms with Crippen molar-refractivity contribution in [2.24, 2.45) is 46.3 Å². The van der Waals surface area contributed by atoms with Gasteiger partial charge in [-0.15, -0.1) is 0 Å². The molecule has 51 heavy (non-hydrogen) atoms. The third kappa shape index (κ3) is 7.25. The van der Waals surface area contributed by atoms with Gasteiger partial charge in [-0.2, -0.15) is 0 Å². The van der Waals surface area contributed by atoms with Crippen molar-refractivity contribution in [1.82, 2.24) is 0 Å². The third-order valence-electron chi connectivity index (χ3n) is 14.4. The van der Waals surface area contributed by atoms with Gasteiger partial charge in [0, 0.05) is 13.0 Å². The zero-order valence-corrected chi connectivity index (χ0v) is 30.5. The van der Waals surface area contributed by atoms with Crippen LogP contribution in [0.25, 0.3) is 0 Å². The van der Waals surface area contributed by atoms with E-state index < -0.39 is 74.1 Å². The van der Waals surface area contributed by atoms with E-state index in [9.17, 15) is 45.6 Å². The Bertz CT molecular complexity index is 1250. The maximum absolute atomic E-state index is 12.4. The van der Waals surface area contributed by atoms with Crippen LogP contribution in [0.3, 0.4) is 0 Å². The standard InChI is InChI=1S/C38H62O13/c1-18(15-39)5-8-25(42)19(2)29-27(14-24-22-7-6-20-13-21(41)9-11-37(20,3)23(22)10-12-38(24,29)4)49-35-33(47)34(26(43)17-48-35)51-36-32(46)31(45)30(44)28(16-40)50-36/h13,18-19,22-36,39-40,42-47H,5-12,14-17H2,1-4H3/t18-,19+,22+,23-,24-,25-,26+,27-,28+,29-,30+,31-,32+,33+,34-,35-,36-,37-,38-/m0/s1. The average Bonchev–Trinajstić information content (AvgIpc) is 3.41. The normalized spacial score (nSPS) is 48.9. The Hall–Kier alpha value is -1.07. The van der Waals surface area contributed by atoms with Crippen molar-refractivity contribution < 1.29 is 64.6 Å². The second kappa shape index (κ2) is 15.6. The van der Waals surface area contributed by atoms with Gasteiger partial charge in [0.15, 0.2) is 18.4 Å². The minimum absolute atomic E-state index is 0.0219. The summed E-state index contributed by atoms with van der Waals surface area (Å²) in [6, 6.07) is 0. The highest BCUT2D eigenvalue weighted by atomic mass is 16.7. The second-order valence-electron chi connectivity index (χ2n) is 17.3. The summed E-state index contributed by atoms with van der Waals surface area (Å²) in [7, 11) is 0. The summed E-state index contributed by atoms with van der Waals surface area (Å²) < 4.78 is 24.0. The number of aliphatic hydroxyl groups excluding tert-OH is 8. The van der Waals surface area contributed by atoms with E-state index in [1.807, 2.05) is 13.0 Å². The molecule has 0 aromatic rings. The predicted octanol–water partition coefficient (Wildman–Crippen LogP) is 0.798. The van der Waals surface area contributed by atoms with Crippen LogP contribution < -0.4 is 0 Å². The number of aliphatic hydroxyl groups is 8. The highest BCUT2D eigenvalue weighted by molar-refractivity contribution is 5.91. The van der Waals surface area contributed by atoms with E-state index in [0.717, 1.165) is 32.1 Å². The van der Waals surface area contributed by atoms with E-state index in [-0.39, 0.29) is 53.5 Å². The van der Waals surface area contributed by atoms with Crippen LogP contribution in [0.15, 0.2) is 11.6 Å². The molecule has 2 heterocycles. The summed E-state index contributed by atoms with van der Waals surface area (Å²) in [5.74, 6) is 1.09. The summed E-state index contributed by atoms with van der Waals surface area (Å²) >= 11 is 0. The van der Waals surface area contributed by atoms with E-state index in [4.69, 9.17) is 18.9 Å². The highest BCUT2D eigenvalue weighted by Crippen LogP contribution is 2.68. The Labute approximate surface area is 300 Å². The minimum atomic E-state index is -1.72. The van der Waals surface area contributed by atoms with Crippen LogP contribution in [0.2, 0.25) is 0 Å². The van der Waals surface area contributed by atoms with Crippen molar-refractivity contribution in [2.75, 3.05) is 19.8 Å². The lowest BCUT2D eigenvalue weighted by molar-refractivity contribution is -0.352. The molecule has 4 aliphatic carbocycles. The first-order valence-electron chi connectivity index (χ1n) is 19.3. The number of allylic oxidation sites excluding steroid dienone is 1. The molecule has 13 heteroatoms. The first-order valence-corrected chi connectivity index (χ1v) is 19.3. The maximum Gasteiger partial charge on any atom is 0.187 e. The molecule has 2 aliphatic heterocycles. The van der Waals surface area contributed by atoms with Crippen molar-refractivity contribution >= 4 is 5.78 Å². The maximum atomic E-state index is 12.4. The summed E-state index contributed by atoms with van der Waals surface area (Å²) in [6.07, 6.45) is -5.25. The van der Waals surface area contributed by atoms with Crippen molar-refractivity contribution in [3.05, 3.63) is 11.6 Å². The van der Waals surface area contributed by atoms with Crippen molar-refractivity contribution in [3.63, 3.8) is 0 Å². The molecule has 13 nitrogen and oxygen atoms in total. The Kier molecular flexibility index (Phi) is 12.1. The Morgan fingerprint density at radius 1 is 0.902 bits per heavy atom. The Morgan fingerprint density at radius 3 is 2.35 bits per heavy atom. The smallest absolute Gasteiger partial charge is 0.187 e.